The van der Waals surface area contributed by atoms with Crippen LogP contribution >= 0.6 is 0 Å². The van der Waals surface area contributed by atoms with E-state index >= 15 is 0 Å². The summed E-state index contributed by atoms with van der Waals surface area (Å²) in [5.41, 5.74) is 5.32. The zero-order valence-electron chi connectivity index (χ0n) is 9.25. The summed E-state index contributed by atoms with van der Waals surface area (Å²) in [5.74, 6) is 0.848. The summed E-state index contributed by atoms with van der Waals surface area (Å²) < 4.78 is 5.39. The maximum absolute atomic E-state index is 7.47. The first-order chi connectivity index (χ1) is 6.63. The quantitative estimate of drug-likeness (QED) is 0.370. The molecule has 0 aromatic heterocycles. The van der Waals surface area contributed by atoms with Gasteiger partial charge in [-0.3, -0.25) is 5.41 Å². The molecule has 0 rings (SSSR count). The van der Waals surface area contributed by atoms with Gasteiger partial charge in [-0.1, -0.05) is 26.6 Å². The zero-order chi connectivity index (χ0) is 11.0. The molecule has 2 unspecified atom stereocenters. The minimum atomic E-state index is -0.0241. The van der Waals surface area contributed by atoms with Gasteiger partial charge in [0.2, 0.25) is 0 Å². The number of rotatable bonds is 7. The first kappa shape index (κ1) is 13.5. The van der Waals surface area contributed by atoms with Gasteiger partial charge in [-0.15, -0.1) is 0 Å². The number of nitrogens with one attached hydrogen (secondary N) is 1. The zero-order valence-corrected chi connectivity index (χ0v) is 9.25. The van der Waals surface area contributed by atoms with Crippen molar-refractivity contribution in [3.8, 4) is 0 Å². The monoisotopic (exact) mass is 196 g/mol. The van der Waals surface area contributed by atoms with E-state index in [1.807, 2.05) is 0 Å². The Bertz CT molecular complexity index is 164. The fourth-order valence-electron chi connectivity index (χ4n) is 1.20. The maximum atomic E-state index is 7.47. The van der Waals surface area contributed by atoms with Crippen molar-refractivity contribution >= 4 is 13.7 Å². The third-order valence-corrected chi connectivity index (χ3v) is 2.31. The van der Waals surface area contributed by atoms with Gasteiger partial charge in [0.05, 0.1) is 14.0 Å². The SMILES string of the molecule is [B]CC(CC(C)CC)OC(=N)CCN. The average Bonchev–Trinajstić information content (AvgIpc) is 2.16. The van der Waals surface area contributed by atoms with Crippen molar-refractivity contribution in [2.75, 3.05) is 6.54 Å². The van der Waals surface area contributed by atoms with Gasteiger partial charge in [-0.05, 0) is 12.3 Å². The number of hydrogen-bond acceptors (Lipinski definition) is 3. The van der Waals surface area contributed by atoms with Crippen LogP contribution in [0.25, 0.3) is 0 Å². The van der Waals surface area contributed by atoms with Gasteiger partial charge < -0.3 is 10.5 Å². The summed E-state index contributed by atoms with van der Waals surface area (Å²) in [6, 6.07) is 0. The Morgan fingerprint density at radius 3 is 2.64 bits per heavy atom. The molecule has 0 aliphatic heterocycles. The van der Waals surface area contributed by atoms with Crippen LogP contribution in [0.4, 0.5) is 0 Å². The topological polar surface area (TPSA) is 59.1 Å². The molecule has 0 saturated heterocycles. The van der Waals surface area contributed by atoms with Crippen LogP contribution in [0, 0.1) is 11.3 Å². The summed E-state index contributed by atoms with van der Waals surface area (Å²) in [5, 5.41) is 7.47. The maximum Gasteiger partial charge on any atom is 0.181 e. The van der Waals surface area contributed by atoms with Gasteiger partial charge in [0.25, 0.3) is 0 Å². The van der Waals surface area contributed by atoms with Crippen molar-refractivity contribution in [1.29, 1.82) is 5.41 Å². The van der Waals surface area contributed by atoms with E-state index in [4.69, 9.17) is 23.7 Å². The van der Waals surface area contributed by atoms with Crippen LogP contribution in [0.1, 0.15) is 33.1 Å². The molecule has 3 N–H and O–H groups in total. The molecule has 0 bridgehead atoms. The minimum Gasteiger partial charge on any atom is -0.479 e. The van der Waals surface area contributed by atoms with Crippen LogP contribution in [0.2, 0.25) is 6.32 Å². The van der Waals surface area contributed by atoms with E-state index in [1.165, 1.54) is 0 Å². The molecule has 4 heteroatoms. The van der Waals surface area contributed by atoms with E-state index in [9.17, 15) is 0 Å². The fraction of sp³-hybridized carbons (Fsp3) is 0.900. The van der Waals surface area contributed by atoms with E-state index in [0.29, 0.717) is 25.2 Å². The van der Waals surface area contributed by atoms with E-state index in [-0.39, 0.29) is 12.0 Å². The fourth-order valence-corrected chi connectivity index (χ4v) is 1.20. The molecule has 14 heavy (non-hydrogen) atoms. The van der Waals surface area contributed by atoms with E-state index < -0.39 is 0 Å². The molecule has 0 aromatic rings. The van der Waals surface area contributed by atoms with Gasteiger partial charge in [0, 0.05) is 13.0 Å². The second-order valence-electron chi connectivity index (χ2n) is 3.69. The van der Waals surface area contributed by atoms with Crippen LogP contribution in [0.5, 0.6) is 0 Å². The predicted molar refractivity (Wildman–Crippen MR) is 60.9 cm³/mol. The highest BCUT2D eigenvalue weighted by Gasteiger charge is 2.12. The molecule has 2 atom stereocenters. The normalized spacial score (nSPS) is 14.8. The van der Waals surface area contributed by atoms with Gasteiger partial charge in [-0.25, -0.2) is 0 Å². The van der Waals surface area contributed by atoms with Crippen molar-refractivity contribution in [3.63, 3.8) is 0 Å². The first-order valence-corrected chi connectivity index (χ1v) is 5.28. The van der Waals surface area contributed by atoms with Crippen LogP contribution in [-0.4, -0.2) is 26.4 Å². The Kier molecular flexibility index (Phi) is 7.57. The molecule has 2 radical (unpaired) electrons. The lowest BCUT2D eigenvalue weighted by Crippen LogP contribution is -2.21. The van der Waals surface area contributed by atoms with Gasteiger partial charge in [0.15, 0.2) is 5.90 Å². The Hall–Kier alpha value is -0.505. The molecule has 0 aliphatic carbocycles. The van der Waals surface area contributed by atoms with Gasteiger partial charge >= 0.3 is 0 Å². The summed E-state index contributed by atoms with van der Waals surface area (Å²) in [6.07, 6.45) is 2.97. The first-order valence-electron chi connectivity index (χ1n) is 5.28. The van der Waals surface area contributed by atoms with Crippen LogP contribution in [0.3, 0.4) is 0 Å². The molecule has 0 aromatic carbocycles. The Morgan fingerprint density at radius 1 is 1.57 bits per heavy atom. The highest BCUT2D eigenvalue weighted by atomic mass is 16.5. The van der Waals surface area contributed by atoms with Crippen molar-refractivity contribution in [2.24, 2.45) is 11.7 Å². The standard InChI is InChI=1S/C10H21BN2O/c1-3-8(2)6-9(7-11)14-10(13)4-5-12/h8-9,13H,3-7,12H2,1-2H3. The number of hydrogen-bond donors (Lipinski definition) is 2. The van der Waals surface area contributed by atoms with Crippen molar-refractivity contribution in [2.45, 2.75) is 45.5 Å². The lowest BCUT2D eigenvalue weighted by Gasteiger charge is -2.20. The van der Waals surface area contributed by atoms with Crippen LogP contribution in [0.15, 0.2) is 0 Å². The van der Waals surface area contributed by atoms with Crippen LogP contribution < -0.4 is 5.73 Å². The van der Waals surface area contributed by atoms with Crippen molar-refractivity contribution < 1.29 is 4.74 Å². The molecule has 0 spiro atoms. The molecule has 0 aliphatic rings. The Morgan fingerprint density at radius 2 is 2.21 bits per heavy atom. The molecule has 0 heterocycles. The third-order valence-electron chi connectivity index (χ3n) is 2.31. The summed E-state index contributed by atoms with van der Waals surface area (Å²) in [7, 11) is 5.57. The molecule has 0 saturated carbocycles. The minimum absolute atomic E-state index is 0.0241. The molecule has 80 valence electrons. The second kappa shape index (κ2) is 7.86. The molecular weight excluding hydrogens is 175 g/mol. The van der Waals surface area contributed by atoms with E-state index in [0.717, 1.165) is 12.8 Å². The summed E-state index contributed by atoms with van der Waals surface area (Å²) >= 11 is 0. The molecule has 0 fully saturated rings. The van der Waals surface area contributed by atoms with Gasteiger partial charge in [-0.2, -0.15) is 0 Å². The highest BCUT2D eigenvalue weighted by molar-refractivity contribution is 6.08. The summed E-state index contributed by atoms with van der Waals surface area (Å²) in [6.45, 7) is 4.77. The van der Waals surface area contributed by atoms with Crippen molar-refractivity contribution in [1.82, 2.24) is 0 Å². The van der Waals surface area contributed by atoms with E-state index in [2.05, 4.69) is 13.8 Å². The summed E-state index contributed by atoms with van der Waals surface area (Å²) in [4.78, 5) is 0. The number of nitrogens with two attached hydrogens (primary N) is 1. The van der Waals surface area contributed by atoms with Crippen LogP contribution in [-0.2, 0) is 4.74 Å². The smallest absolute Gasteiger partial charge is 0.181 e. The largest absolute Gasteiger partial charge is 0.479 e. The lowest BCUT2D eigenvalue weighted by atomic mass is 9.91. The Balaban J connectivity index is 3.83. The Labute approximate surface area is 88.3 Å². The van der Waals surface area contributed by atoms with E-state index in [1.54, 1.807) is 0 Å². The molecule has 0 amide bonds. The lowest BCUT2D eigenvalue weighted by molar-refractivity contribution is 0.169. The predicted octanol–water partition coefficient (Wildman–Crippen LogP) is 1.72. The second-order valence-corrected chi connectivity index (χ2v) is 3.69. The van der Waals surface area contributed by atoms with Crippen molar-refractivity contribution in [3.05, 3.63) is 0 Å². The molecular formula is C10H21BN2O. The molecule has 3 nitrogen and oxygen atoms in total. The highest BCUT2D eigenvalue weighted by Crippen LogP contribution is 2.15. The average molecular weight is 196 g/mol. The van der Waals surface area contributed by atoms with Gasteiger partial charge in [0.1, 0.15) is 0 Å². The number of ether oxygens (including phenoxy) is 1. The third kappa shape index (κ3) is 6.03.